The smallest absolute Gasteiger partial charge is 0.163 e. The van der Waals surface area contributed by atoms with Crippen molar-refractivity contribution in [3.8, 4) is 0 Å². The first-order valence-electron chi connectivity index (χ1n) is 2.77. The molecule has 0 spiro atoms. The number of aliphatic hydroxyl groups is 2. The van der Waals surface area contributed by atoms with E-state index < -0.39 is 5.79 Å². The van der Waals surface area contributed by atoms with Gasteiger partial charge in [0.15, 0.2) is 5.79 Å². The minimum atomic E-state index is -1.53. The Kier molecular flexibility index (Phi) is 2.97. The second-order valence-corrected chi connectivity index (χ2v) is 1.87. The zero-order valence-electron chi connectivity index (χ0n) is 5.09. The van der Waals surface area contributed by atoms with Crippen LogP contribution in [0.2, 0.25) is 0 Å². The molecule has 0 aromatic carbocycles. The van der Waals surface area contributed by atoms with E-state index >= 15 is 0 Å². The number of hydrogen-bond acceptors (Lipinski definition) is 3. The summed E-state index contributed by atoms with van der Waals surface area (Å²) >= 11 is 0. The van der Waals surface area contributed by atoms with E-state index in [1.54, 1.807) is 6.92 Å². The predicted octanol–water partition coefficient (Wildman–Crippen LogP) is -0.574. The average Bonchev–Trinajstić information content (AvgIpc) is 1.67. The third kappa shape index (κ3) is 2.96. The third-order valence-electron chi connectivity index (χ3n) is 1.11. The van der Waals surface area contributed by atoms with Gasteiger partial charge in [0, 0.05) is 6.42 Å². The quantitative estimate of drug-likeness (QED) is 0.436. The fourth-order valence-corrected chi connectivity index (χ4v) is 0.408. The van der Waals surface area contributed by atoms with Crippen molar-refractivity contribution in [3.05, 3.63) is 0 Å². The van der Waals surface area contributed by atoms with E-state index in [-0.39, 0.29) is 6.42 Å². The molecule has 8 heavy (non-hydrogen) atoms. The summed E-state index contributed by atoms with van der Waals surface area (Å²) in [5.41, 5.74) is 5.07. The van der Waals surface area contributed by atoms with Crippen LogP contribution in [0.4, 0.5) is 0 Å². The first-order chi connectivity index (χ1) is 3.62. The maximum absolute atomic E-state index is 8.80. The Balaban J connectivity index is 3.37. The lowest BCUT2D eigenvalue weighted by Crippen LogP contribution is -2.29. The van der Waals surface area contributed by atoms with Crippen LogP contribution in [-0.4, -0.2) is 22.5 Å². The molecule has 0 saturated carbocycles. The van der Waals surface area contributed by atoms with Crippen LogP contribution in [0.15, 0.2) is 0 Å². The molecular weight excluding hydrogens is 106 g/mol. The monoisotopic (exact) mass is 119 g/mol. The molecule has 0 aromatic rings. The van der Waals surface area contributed by atoms with Crippen LogP contribution in [0.1, 0.15) is 19.8 Å². The lowest BCUT2D eigenvalue weighted by molar-refractivity contribution is -0.164. The summed E-state index contributed by atoms with van der Waals surface area (Å²) in [7, 11) is 0. The van der Waals surface area contributed by atoms with E-state index in [0.717, 1.165) is 0 Å². The third-order valence-corrected chi connectivity index (χ3v) is 1.11. The fourth-order valence-electron chi connectivity index (χ4n) is 0.408. The summed E-state index contributed by atoms with van der Waals surface area (Å²) < 4.78 is 0. The molecule has 0 fully saturated rings. The van der Waals surface area contributed by atoms with Gasteiger partial charge >= 0.3 is 0 Å². The van der Waals surface area contributed by atoms with Gasteiger partial charge in [-0.1, -0.05) is 6.92 Å². The number of hydrogen-bond donors (Lipinski definition) is 3. The van der Waals surface area contributed by atoms with Gasteiger partial charge in [-0.15, -0.1) is 0 Å². The van der Waals surface area contributed by atoms with Crippen LogP contribution < -0.4 is 5.73 Å². The van der Waals surface area contributed by atoms with Crippen molar-refractivity contribution in [1.82, 2.24) is 0 Å². The molecule has 0 aliphatic carbocycles. The molecule has 4 N–H and O–H groups in total. The average molecular weight is 119 g/mol. The summed E-state index contributed by atoms with van der Waals surface area (Å²) in [6, 6.07) is 0. The lowest BCUT2D eigenvalue weighted by atomic mass is 10.1. The first kappa shape index (κ1) is 7.88. The molecule has 0 heterocycles. The van der Waals surface area contributed by atoms with Crippen molar-refractivity contribution in [2.45, 2.75) is 25.6 Å². The van der Waals surface area contributed by atoms with Gasteiger partial charge in [-0.3, -0.25) is 0 Å². The Morgan fingerprint density at radius 3 is 2.12 bits per heavy atom. The van der Waals surface area contributed by atoms with Gasteiger partial charge in [-0.2, -0.15) is 0 Å². The largest absolute Gasteiger partial charge is 0.366 e. The van der Waals surface area contributed by atoms with Crippen LogP contribution in [0, 0.1) is 0 Å². The van der Waals surface area contributed by atoms with Crippen LogP contribution in [0.5, 0.6) is 0 Å². The fraction of sp³-hybridized carbons (Fsp3) is 1.00. The van der Waals surface area contributed by atoms with Gasteiger partial charge in [0.05, 0.1) is 0 Å². The molecule has 0 unspecified atom stereocenters. The Labute approximate surface area is 49.1 Å². The maximum Gasteiger partial charge on any atom is 0.163 e. The van der Waals surface area contributed by atoms with Crippen molar-refractivity contribution in [1.29, 1.82) is 0 Å². The van der Waals surface area contributed by atoms with E-state index in [1.807, 2.05) is 0 Å². The molecule has 50 valence electrons. The normalized spacial score (nSPS) is 12.0. The molecule has 0 amide bonds. The molecule has 0 aromatic heterocycles. The zero-order valence-corrected chi connectivity index (χ0v) is 5.09. The van der Waals surface area contributed by atoms with E-state index in [9.17, 15) is 0 Å². The highest BCUT2D eigenvalue weighted by Crippen LogP contribution is 2.07. The second kappa shape index (κ2) is 3.02. The van der Waals surface area contributed by atoms with Gasteiger partial charge < -0.3 is 15.9 Å². The van der Waals surface area contributed by atoms with Gasteiger partial charge in [-0.25, -0.2) is 0 Å². The van der Waals surface area contributed by atoms with E-state index in [1.165, 1.54) is 0 Å². The van der Waals surface area contributed by atoms with Crippen LogP contribution in [-0.2, 0) is 0 Å². The molecule has 0 radical (unpaired) electrons. The molecule has 0 bridgehead atoms. The molecule has 0 saturated heterocycles. The van der Waals surface area contributed by atoms with Gasteiger partial charge in [0.2, 0.25) is 0 Å². The Morgan fingerprint density at radius 2 is 2.00 bits per heavy atom. The summed E-state index contributed by atoms with van der Waals surface area (Å²) in [6.07, 6.45) is 0.591. The van der Waals surface area contributed by atoms with Gasteiger partial charge in [0.25, 0.3) is 0 Å². The highest BCUT2D eigenvalue weighted by molar-refractivity contribution is 4.60. The molecule has 0 rings (SSSR count). The van der Waals surface area contributed by atoms with Crippen molar-refractivity contribution in [3.63, 3.8) is 0 Å². The predicted molar refractivity (Wildman–Crippen MR) is 31.1 cm³/mol. The Bertz CT molecular complexity index is 63.4. The minimum absolute atomic E-state index is 0.253. The topological polar surface area (TPSA) is 66.5 Å². The second-order valence-electron chi connectivity index (χ2n) is 1.87. The Morgan fingerprint density at radius 1 is 1.50 bits per heavy atom. The molecule has 0 aliphatic heterocycles. The molecular formula is C5H13NO2. The highest BCUT2D eigenvalue weighted by atomic mass is 16.5. The van der Waals surface area contributed by atoms with Crippen LogP contribution >= 0.6 is 0 Å². The summed E-state index contributed by atoms with van der Waals surface area (Å²) in [5.74, 6) is -1.53. The zero-order chi connectivity index (χ0) is 6.62. The van der Waals surface area contributed by atoms with Gasteiger partial charge in [-0.05, 0) is 13.0 Å². The maximum atomic E-state index is 8.80. The van der Waals surface area contributed by atoms with E-state index in [0.29, 0.717) is 13.0 Å². The summed E-state index contributed by atoms with van der Waals surface area (Å²) in [6.45, 7) is 2.02. The van der Waals surface area contributed by atoms with Crippen molar-refractivity contribution in [2.24, 2.45) is 5.73 Å². The Hall–Kier alpha value is -0.120. The molecule has 3 nitrogen and oxygen atoms in total. The number of rotatable bonds is 3. The standard InChI is InChI=1S/C5H13NO2/c1-2-5(7,8)3-4-6/h7-8H,2-4,6H2,1H3. The molecule has 3 heteroatoms. The molecule has 0 atom stereocenters. The lowest BCUT2D eigenvalue weighted by Gasteiger charge is -2.17. The SMILES string of the molecule is CCC(O)(O)CCN. The van der Waals surface area contributed by atoms with E-state index in [2.05, 4.69) is 0 Å². The minimum Gasteiger partial charge on any atom is -0.366 e. The first-order valence-corrected chi connectivity index (χ1v) is 2.77. The highest BCUT2D eigenvalue weighted by Gasteiger charge is 2.17. The summed E-state index contributed by atoms with van der Waals surface area (Å²) in [5, 5.41) is 17.6. The van der Waals surface area contributed by atoms with Crippen molar-refractivity contribution in [2.75, 3.05) is 6.54 Å². The number of nitrogens with two attached hydrogens (primary N) is 1. The van der Waals surface area contributed by atoms with E-state index in [4.69, 9.17) is 15.9 Å². The summed E-state index contributed by atoms with van der Waals surface area (Å²) in [4.78, 5) is 0. The van der Waals surface area contributed by atoms with Crippen LogP contribution in [0.25, 0.3) is 0 Å². The molecule has 0 aliphatic rings. The van der Waals surface area contributed by atoms with Crippen molar-refractivity contribution >= 4 is 0 Å². The van der Waals surface area contributed by atoms with Gasteiger partial charge in [0.1, 0.15) is 0 Å². The van der Waals surface area contributed by atoms with Crippen LogP contribution in [0.3, 0.4) is 0 Å². The van der Waals surface area contributed by atoms with Crippen molar-refractivity contribution < 1.29 is 10.2 Å².